The average Bonchev–Trinajstić information content (AvgIpc) is 3.18. The van der Waals surface area contributed by atoms with E-state index in [1.165, 1.54) is 17.4 Å². The summed E-state index contributed by atoms with van der Waals surface area (Å²) >= 11 is 1.31. The Hall–Kier alpha value is -1.51. The molecule has 2 aliphatic heterocycles. The van der Waals surface area contributed by atoms with E-state index in [-0.39, 0.29) is 29.3 Å². The van der Waals surface area contributed by atoms with Gasteiger partial charge in [0.05, 0.1) is 16.4 Å². The first-order valence-electron chi connectivity index (χ1n) is 8.35. The maximum Gasteiger partial charge on any atom is 0.264 e. The monoisotopic (exact) mass is 382 g/mol. The van der Waals surface area contributed by atoms with Crippen LogP contribution in [0.25, 0.3) is 10.1 Å². The largest absolute Gasteiger partial charge is 0.335 e. The maximum absolute atomic E-state index is 13.8. The Kier molecular flexibility index (Phi) is 4.29. The van der Waals surface area contributed by atoms with Gasteiger partial charge in [0.2, 0.25) is 0 Å². The molecule has 1 aromatic carbocycles. The Bertz CT molecular complexity index is 917. The van der Waals surface area contributed by atoms with Crippen molar-refractivity contribution in [2.45, 2.75) is 12.5 Å². The highest BCUT2D eigenvalue weighted by molar-refractivity contribution is 7.91. The van der Waals surface area contributed by atoms with Crippen molar-refractivity contribution in [2.75, 3.05) is 37.7 Å². The van der Waals surface area contributed by atoms with E-state index in [4.69, 9.17) is 0 Å². The molecule has 0 saturated carbocycles. The van der Waals surface area contributed by atoms with Crippen molar-refractivity contribution in [1.82, 2.24) is 9.80 Å². The molecule has 25 heavy (non-hydrogen) atoms. The zero-order chi connectivity index (χ0) is 17.6. The number of thiophene rings is 1. The minimum absolute atomic E-state index is 0.0701. The summed E-state index contributed by atoms with van der Waals surface area (Å²) in [7, 11) is -2.89. The molecule has 3 heterocycles. The van der Waals surface area contributed by atoms with Crippen molar-refractivity contribution in [3.05, 3.63) is 35.0 Å². The third-order valence-corrected chi connectivity index (χ3v) is 7.88. The highest BCUT2D eigenvalue weighted by Gasteiger charge is 2.34. The van der Waals surface area contributed by atoms with Crippen molar-refractivity contribution in [3.63, 3.8) is 0 Å². The van der Waals surface area contributed by atoms with E-state index in [1.54, 1.807) is 17.0 Å². The molecule has 0 bridgehead atoms. The fourth-order valence-corrected chi connectivity index (χ4v) is 6.44. The second-order valence-electron chi connectivity index (χ2n) is 6.65. The van der Waals surface area contributed by atoms with Gasteiger partial charge >= 0.3 is 0 Å². The molecule has 2 aliphatic rings. The summed E-state index contributed by atoms with van der Waals surface area (Å²) in [6.45, 7) is 2.52. The minimum atomic E-state index is -2.89. The van der Waals surface area contributed by atoms with Gasteiger partial charge < -0.3 is 4.90 Å². The van der Waals surface area contributed by atoms with Crippen molar-refractivity contribution in [2.24, 2.45) is 0 Å². The Labute approximate surface area is 149 Å². The molecule has 134 valence electrons. The van der Waals surface area contributed by atoms with Crippen LogP contribution in [0.2, 0.25) is 0 Å². The van der Waals surface area contributed by atoms with E-state index in [0.717, 1.165) is 4.70 Å². The van der Waals surface area contributed by atoms with Gasteiger partial charge in [-0.05, 0) is 24.6 Å². The van der Waals surface area contributed by atoms with Crippen LogP contribution in [0, 0.1) is 5.82 Å². The Morgan fingerprint density at radius 3 is 2.60 bits per heavy atom. The summed E-state index contributed by atoms with van der Waals surface area (Å²) in [6, 6.07) is 6.58. The minimum Gasteiger partial charge on any atom is -0.335 e. The molecule has 5 nitrogen and oxygen atoms in total. The van der Waals surface area contributed by atoms with Crippen LogP contribution in [0.4, 0.5) is 4.39 Å². The number of nitrogens with zero attached hydrogens (tertiary/aromatic N) is 2. The van der Waals surface area contributed by atoms with Crippen LogP contribution in [0.15, 0.2) is 24.3 Å². The summed E-state index contributed by atoms with van der Waals surface area (Å²) in [4.78, 5) is 17.2. The summed E-state index contributed by atoms with van der Waals surface area (Å²) < 4.78 is 37.9. The van der Waals surface area contributed by atoms with E-state index in [9.17, 15) is 17.6 Å². The van der Waals surface area contributed by atoms with Crippen LogP contribution < -0.4 is 0 Å². The predicted octanol–water partition coefficient (Wildman–Crippen LogP) is 1.99. The zero-order valence-corrected chi connectivity index (χ0v) is 15.3. The standard InChI is InChI=1S/C17H19FN2O3S2/c18-14-2-1-3-15-13(14)10-16(24-15)17(21)20-7-5-19(6-8-20)12-4-9-25(22,23)11-12/h1-3,10,12H,4-9,11H2/t12-/m0/s1. The van der Waals surface area contributed by atoms with Gasteiger partial charge in [0.15, 0.2) is 9.84 Å². The molecule has 1 aromatic heterocycles. The molecule has 0 spiro atoms. The Balaban J connectivity index is 1.43. The number of hydrogen-bond acceptors (Lipinski definition) is 5. The van der Waals surface area contributed by atoms with Gasteiger partial charge in [-0.15, -0.1) is 11.3 Å². The molecule has 2 aromatic rings. The molecule has 8 heteroatoms. The first kappa shape index (κ1) is 16.9. The number of rotatable bonds is 2. The van der Waals surface area contributed by atoms with Gasteiger partial charge in [-0.2, -0.15) is 0 Å². The van der Waals surface area contributed by atoms with Crippen LogP contribution in [0.3, 0.4) is 0 Å². The lowest BCUT2D eigenvalue weighted by atomic mass is 10.2. The molecule has 4 rings (SSSR count). The number of sulfone groups is 1. The molecule has 0 N–H and O–H groups in total. The summed E-state index contributed by atoms with van der Waals surface area (Å²) in [6.07, 6.45) is 0.686. The molecule has 0 radical (unpaired) electrons. The smallest absolute Gasteiger partial charge is 0.264 e. The fraction of sp³-hybridized carbons (Fsp3) is 0.471. The molecular weight excluding hydrogens is 363 g/mol. The predicted molar refractivity (Wildman–Crippen MR) is 96.3 cm³/mol. The maximum atomic E-state index is 13.8. The molecule has 1 amide bonds. The van der Waals surface area contributed by atoms with Crippen molar-refractivity contribution in [1.29, 1.82) is 0 Å². The molecule has 0 unspecified atom stereocenters. The molecule has 0 aliphatic carbocycles. The average molecular weight is 382 g/mol. The van der Waals surface area contributed by atoms with Crippen molar-refractivity contribution < 1.29 is 17.6 Å². The number of hydrogen-bond donors (Lipinski definition) is 0. The summed E-state index contributed by atoms with van der Waals surface area (Å²) in [5.41, 5.74) is 0. The second kappa shape index (κ2) is 6.34. The van der Waals surface area contributed by atoms with Crippen molar-refractivity contribution in [3.8, 4) is 0 Å². The zero-order valence-electron chi connectivity index (χ0n) is 13.7. The van der Waals surface area contributed by atoms with Gasteiger partial charge in [0.1, 0.15) is 5.82 Å². The normalized spacial score (nSPS) is 24.0. The first-order chi connectivity index (χ1) is 11.9. The number of benzene rings is 1. The van der Waals surface area contributed by atoms with Gasteiger partial charge in [0, 0.05) is 42.3 Å². The molecule has 1 atom stereocenters. The van der Waals surface area contributed by atoms with Gasteiger partial charge in [-0.3, -0.25) is 9.69 Å². The summed E-state index contributed by atoms with van der Waals surface area (Å²) in [5, 5.41) is 0.491. The van der Waals surface area contributed by atoms with Crippen LogP contribution in [0.5, 0.6) is 0 Å². The highest BCUT2D eigenvalue weighted by Crippen LogP contribution is 2.29. The van der Waals surface area contributed by atoms with Crippen LogP contribution in [0.1, 0.15) is 16.1 Å². The van der Waals surface area contributed by atoms with E-state index < -0.39 is 9.84 Å². The number of piperazine rings is 1. The third-order valence-electron chi connectivity index (χ3n) is 5.05. The number of carbonyl (C=O) groups excluding carboxylic acids is 1. The lowest BCUT2D eigenvalue weighted by Gasteiger charge is -2.37. The lowest BCUT2D eigenvalue weighted by molar-refractivity contribution is 0.0592. The third kappa shape index (κ3) is 3.30. The highest BCUT2D eigenvalue weighted by atomic mass is 32.2. The van der Waals surface area contributed by atoms with E-state index >= 15 is 0 Å². The topological polar surface area (TPSA) is 57.7 Å². The fourth-order valence-electron chi connectivity index (χ4n) is 3.64. The Morgan fingerprint density at radius 1 is 1.20 bits per heavy atom. The van der Waals surface area contributed by atoms with Crippen molar-refractivity contribution >= 4 is 37.2 Å². The van der Waals surface area contributed by atoms with Crippen LogP contribution in [-0.2, 0) is 9.84 Å². The quantitative estimate of drug-likeness (QED) is 0.797. The van der Waals surface area contributed by atoms with E-state index in [1.807, 2.05) is 6.07 Å². The summed E-state index contributed by atoms with van der Waals surface area (Å²) in [5.74, 6) is 0.125. The van der Waals surface area contributed by atoms with Gasteiger partial charge in [-0.1, -0.05) is 6.07 Å². The number of halogens is 1. The van der Waals surface area contributed by atoms with Gasteiger partial charge in [0.25, 0.3) is 5.91 Å². The Morgan fingerprint density at radius 2 is 1.96 bits per heavy atom. The lowest BCUT2D eigenvalue weighted by Crippen LogP contribution is -2.52. The molecular formula is C17H19FN2O3S2. The number of amides is 1. The molecule has 2 fully saturated rings. The van der Waals surface area contributed by atoms with E-state index in [0.29, 0.717) is 42.9 Å². The van der Waals surface area contributed by atoms with Gasteiger partial charge in [-0.25, -0.2) is 12.8 Å². The van der Waals surface area contributed by atoms with E-state index in [2.05, 4.69) is 4.90 Å². The first-order valence-corrected chi connectivity index (χ1v) is 11.0. The number of fused-ring (bicyclic) bond motifs is 1. The SMILES string of the molecule is O=C(c1cc2c(F)cccc2s1)N1CCN([C@H]2CCS(=O)(=O)C2)CC1. The molecule has 2 saturated heterocycles. The second-order valence-corrected chi connectivity index (χ2v) is 9.96. The number of carbonyl (C=O) groups is 1. The van der Waals surface area contributed by atoms with Crippen LogP contribution in [-0.4, -0.2) is 67.9 Å². The van der Waals surface area contributed by atoms with Crippen LogP contribution >= 0.6 is 11.3 Å².